The molecule has 33 heavy (non-hydrogen) atoms. The number of carbonyl (C=O) groups is 1. The second-order valence-electron chi connectivity index (χ2n) is 8.31. The molecule has 0 saturated heterocycles. The first-order valence-electron chi connectivity index (χ1n) is 11.6. The number of aromatic nitrogens is 3. The molecule has 0 unspecified atom stereocenters. The fourth-order valence-corrected chi connectivity index (χ4v) is 4.08. The van der Waals surface area contributed by atoms with Crippen molar-refractivity contribution in [1.82, 2.24) is 19.7 Å². The van der Waals surface area contributed by atoms with E-state index in [9.17, 15) is 4.79 Å². The van der Waals surface area contributed by atoms with Crippen molar-refractivity contribution in [2.75, 3.05) is 0 Å². The van der Waals surface area contributed by atoms with E-state index in [1.807, 2.05) is 0 Å². The van der Waals surface area contributed by atoms with Crippen LogP contribution in [0.1, 0.15) is 37.2 Å². The van der Waals surface area contributed by atoms with Crippen LogP contribution in [0.25, 0.3) is 22.0 Å². The van der Waals surface area contributed by atoms with Crippen molar-refractivity contribution in [3.05, 3.63) is 77.2 Å². The van der Waals surface area contributed by atoms with Gasteiger partial charge in [0.05, 0.1) is 33.1 Å². The highest BCUT2D eigenvalue weighted by Gasteiger charge is 2.30. The maximum absolute atomic E-state index is 15.3. The summed E-state index contributed by atoms with van der Waals surface area (Å²) in [6.07, 6.45) is 5.31. The average molecular weight is 448 g/mol. The molecule has 0 N–H and O–H groups in total. The number of amides is 1. The van der Waals surface area contributed by atoms with E-state index in [2.05, 4.69) is 10.1 Å². The molecule has 2 aromatic carbocycles. The molecule has 1 fully saturated rings. The molecule has 0 atom stereocenters. The smallest absolute Gasteiger partial charge is 0.256 e. The van der Waals surface area contributed by atoms with Crippen molar-refractivity contribution in [2.24, 2.45) is 7.05 Å². The number of hydrogen-bond donors (Lipinski definition) is 0. The van der Waals surface area contributed by atoms with Crippen LogP contribution in [0, 0.1) is 11.6 Å². The summed E-state index contributed by atoms with van der Waals surface area (Å²) in [6, 6.07) is 8.88. The van der Waals surface area contributed by atoms with E-state index in [0.29, 0.717) is 27.8 Å². The summed E-state index contributed by atoms with van der Waals surface area (Å²) in [4.78, 5) is 17.5. The number of nitrogens with zero attached hydrogens (tertiary/aromatic N) is 4. The third kappa shape index (κ3) is 3.42. The first-order chi connectivity index (χ1) is 16.7. The second-order valence-corrected chi connectivity index (χ2v) is 8.31. The van der Waals surface area contributed by atoms with Gasteiger partial charge in [0.15, 0.2) is 0 Å². The van der Waals surface area contributed by atoms with Crippen LogP contribution in [0.3, 0.4) is 0 Å². The van der Waals surface area contributed by atoms with Gasteiger partial charge in [-0.1, -0.05) is 0 Å². The quantitative estimate of drug-likeness (QED) is 0.447. The van der Waals surface area contributed by atoms with E-state index in [1.165, 1.54) is 30.5 Å². The summed E-state index contributed by atoms with van der Waals surface area (Å²) < 4.78 is 54.7. The van der Waals surface area contributed by atoms with Gasteiger partial charge >= 0.3 is 0 Å². The predicted molar refractivity (Wildman–Crippen MR) is 118 cm³/mol. The van der Waals surface area contributed by atoms with E-state index in [1.54, 1.807) is 30.1 Å². The molecule has 1 saturated carbocycles. The third-order valence-corrected chi connectivity index (χ3v) is 5.86. The fraction of sp³-hybridized carbons (Fsp3) is 0.240. The molecule has 3 heterocycles. The minimum absolute atomic E-state index is 0.0603. The van der Waals surface area contributed by atoms with Crippen LogP contribution < -0.4 is 4.74 Å². The molecule has 166 valence electrons. The zero-order chi connectivity index (χ0) is 24.5. The molecule has 1 aliphatic heterocycles. The number of hydrogen-bond acceptors (Lipinski definition) is 4. The van der Waals surface area contributed by atoms with Crippen molar-refractivity contribution in [3.8, 4) is 16.9 Å². The molecule has 2 aliphatic rings. The molecule has 8 heteroatoms. The molecule has 2 aromatic heterocycles. The van der Waals surface area contributed by atoms with E-state index < -0.39 is 36.1 Å². The standard InChI is InChI=1S/C25H20F2N4O2/c1-30-11-18-16(6-7-23(24(18)29-30)33-15-4-5-15)14-9-20(26)19(21(27)10-14)12-31-13-22-17(25(31)32)3-2-8-28-22/h2-3,6-11,15H,4-5,12-13H2,1H3/i13D2. The molecule has 6 nitrogen and oxygen atoms in total. The lowest BCUT2D eigenvalue weighted by Crippen LogP contribution is -2.24. The van der Waals surface area contributed by atoms with Gasteiger partial charge in [0, 0.05) is 30.4 Å². The van der Waals surface area contributed by atoms with E-state index in [0.717, 1.165) is 17.7 Å². The first kappa shape index (κ1) is 17.7. The van der Waals surface area contributed by atoms with Gasteiger partial charge in [-0.25, -0.2) is 8.78 Å². The molecule has 6 rings (SSSR count). The molecule has 4 aromatic rings. The number of halogens is 2. The number of rotatable bonds is 5. The van der Waals surface area contributed by atoms with Gasteiger partial charge in [0.25, 0.3) is 5.91 Å². The predicted octanol–water partition coefficient (Wildman–Crippen LogP) is 4.61. The van der Waals surface area contributed by atoms with Gasteiger partial charge < -0.3 is 9.64 Å². The first-order valence-corrected chi connectivity index (χ1v) is 10.6. The number of aryl methyl sites for hydroxylation is 1. The Morgan fingerprint density at radius 3 is 2.70 bits per heavy atom. The van der Waals surface area contributed by atoms with Crippen molar-refractivity contribution in [3.63, 3.8) is 0 Å². The molecule has 0 radical (unpaired) electrons. The molecular formula is C25H20F2N4O2. The van der Waals surface area contributed by atoms with E-state index >= 15 is 8.78 Å². The molecule has 0 bridgehead atoms. The minimum Gasteiger partial charge on any atom is -0.488 e. The topological polar surface area (TPSA) is 60.3 Å². The summed E-state index contributed by atoms with van der Waals surface area (Å²) in [5, 5.41) is 5.17. The van der Waals surface area contributed by atoms with Crippen LogP contribution >= 0.6 is 0 Å². The number of benzene rings is 2. The van der Waals surface area contributed by atoms with Crippen molar-refractivity contribution < 1.29 is 21.1 Å². The lowest BCUT2D eigenvalue weighted by Gasteiger charge is -2.17. The summed E-state index contributed by atoms with van der Waals surface area (Å²) >= 11 is 0. The number of ether oxygens (including phenoxy) is 1. The second kappa shape index (κ2) is 7.37. The highest BCUT2D eigenvalue weighted by molar-refractivity contribution is 5.98. The fourth-order valence-electron chi connectivity index (χ4n) is 4.08. The Balaban J connectivity index is 1.37. The number of pyridine rings is 1. The van der Waals surface area contributed by atoms with E-state index in [4.69, 9.17) is 7.48 Å². The maximum Gasteiger partial charge on any atom is 0.256 e. The zero-order valence-electron chi connectivity index (χ0n) is 19.7. The minimum atomic E-state index is -2.29. The van der Waals surface area contributed by atoms with Gasteiger partial charge in [-0.05, 0) is 60.4 Å². The van der Waals surface area contributed by atoms with Gasteiger partial charge in [0.1, 0.15) is 22.9 Å². The Bertz CT molecular complexity index is 1490. The number of carbonyl (C=O) groups excluding carboxylic acids is 1. The summed E-state index contributed by atoms with van der Waals surface area (Å²) in [7, 11) is 1.77. The molecule has 0 spiro atoms. The molecule has 1 aliphatic carbocycles. The average Bonchev–Trinajstić information content (AvgIpc) is 3.51. The largest absolute Gasteiger partial charge is 0.488 e. The summed E-state index contributed by atoms with van der Waals surface area (Å²) in [5.74, 6) is -1.78. The highest BCUT2D eigenvalue weighted by atomic mass is 19.1. The Morgan fingerprint density at radius 1 is 1.18 bits per heavy atom. The normalized spacial score (nSPS) is 17.8. The van der Waals surface area contributed by atoms with Gasteiger partial charge in [-0.2, -0.15) is 5.10 Å². The zero-order valence-corrected chi connectivity index (χ0v) is 17.7. The summed E-state index contributed by atoms with van der Waals surface area (Å²) in [5.41, 5.74) is 1.14. The Hall–Kier alpha value is -3.81. The van der Waals surface area contributed by atoms with Crippen LogP contribution in [0.4, 0.5) is 8.78 Å². The highest BCUT2D eigenvalue weighted by Crippen LogP contribution is 2.37. The lowest BCUT2D eigenvalue weighted by atomic mass is 9.99. The van der Waals surface area contributed by atoms with Crippen LogP contribution in [0.15, 0.2) is 48.8 Å². The SMILES string of the molecule is [2H]C1([2H])c2ncccc2C(=O)N1Cc1c(F)cc(-c2ccc(OC3CC3)c3nn(C)cc23)cc1F. The summed E-state index contributed by atoms with van der Waals surface area (Å²) in [6.45, 7) is -2.86. The van der Waals surface area contributed by atoms with Crippen molar-refractivity contribution >= 4 is 16.8 Å². The molecular weight excluding hydrogens is 426 g/mol. The Kier molecular flexibility index (Phi) is 3.95. The third-order valence-electron chi connectivity index (χ3n) is 5.86. The van der Waals surface area contributed by atoms with Crippen molar-refractivity contribution in [1.29, 1.82) is 0 Å². The van der Waals surface area contributed by atoms with Crippen LogP contribution in [0.2, 0.25) is 0 Å². The van der Waals surface area contributed by atoms with Gasteiger partial charge in [-0.3, -0.25) is 14.5 Å². The monoisotopic (exact) mass is 448 g/mol. The van der Waals surface area contributed by atoms with Crippen LogP contribution in [0.5, 0.6) is 5.75 Å². The van der Waals surface area contributed by atoms with Gasteiger partial charge in [-0.15, -0.1) is 0 Å². The Morgan fingerprint density at radius 2 is 1.97 bits per heavy atom. The molecule has 1 amide bonds. The lowest BCUT2D eigenvalue weighted by molar-refractivity contribution is 0.0763. The van der Waals surface area contributed by atoms with Crippen LogP contribution in [-0.2, 0) is 20.1 Å². The van der Waals surface area contributed by atoms with Crippen molar-refractivity contribution in [2.45, 2.75) is 32.0 Å². The van der Waals surface area contributed by atoms with E-state index in [-0.39, 0.29) is 17.4 Å². The number of fused-ring (bicyclic) bond motifs is 2. The van der Waals surface area contributed by atoms with Crippen LogP contribution in [-0.4, -0.2) is 31.7 Å². The Labute approximate surface area is 191 Å². The maximum atomic E-state index is 15.3. The van der Waals surface area contributed by atoms with Gasteiger partial charge in [0.2, 0.25) is 0 Å².